The van der Waals surface area contributed by atoms with Crippen LogP contribution in [0.3, 0.4) is 0 Å². The Morgan fingerprint density at radius 1 is 1.14 bits per heavy atom. The molecule has 1 N–H and O–H groups in total. The zero-order valence-corrected chi connectivity index (χ0v) is 6.60. The van der Waals surface area contributed by atoms with Crippen molar-refractivity contribution in [2.75, 3.05) is 0 Å². The van der Waals surface area contributed by atoms with Crippen LogP contribution in [0, 0.1) is 17.5 Å². The first-order valence-corrected chi connectivity index (χ1v) is 3.44. The summed E-state index contributed by atoms with van der Waals surface area (Å²) in [6.07, 6.45) is -2.70. The van der Waals surface area contributed by atoms with E-state index in [0.717, 1.165) is 0 Å². The van der Waals surface area contributed by atoms with Crippen LogP contribution in [0.15, 0.2) is 12.1 Å². The molecule has 0 aliphatic heterocycles. The second kappa shape index (κ2) is 3.65. The summed E-state index contributed by atoms with van der Waals surface area (Å²) in [4.78, 5) is 10.1. The summed E-state index contributed by atoms with van der Waals surface area (Å²) in [5, 5.41) is 8.16. The Morgan fingerprint density at radius 3 is 2.14 bits per heavy atom. The van der Waals surface area contributed by atoms with E-state index in [1.54, 1.807) is 0 Å². The minimum atomic E-state index is -2.70. The molecule has 1 unspecified atom stereocenters. The van der Waals surface area contributed by atoms with Crippen LogP contribution in [0.25, 0.3) is 0 Å². The fourth-order valence-corrected chi connectivity index (χ4v) is 0.865. The molecule has 0 amide bonds. The molecule has 0 heterocycles. The van der Waals surface area contributed by atoms with Crippen molar-refractivity contribution in [2.24, 2.45) is 0 Å². The van der Waals surface area contributed by atoms with Gasteiger partial charge in [-0.25, -0.2) is 22.4 Å². The lowest BCUT2D eigenvalue weighted by atomic mass is 10.1. The lowest BCUT2D eigenvalue weighted by Gasteiger charge is -2.05. The van der Waals surface area contributed by atoms with Gasteiger partial charge in [0, 0.05) is 11.6 Å². The highest BCUT2D eigenvalue weighted by Gasteiger charge is 2.24. The Hall–Kier alpha value is -1.59. The molecule has 0 spiro atoms. The topological polar surface area (TPSA) is 37.3 Å². The first-order chi connectivity index (χ1) is 6.43. The molecule has 0 fully saturated rings. The Morgan fingerprint density at radius 2 is 1.64 bits per heavy atom. The monoisotopic (exact) mass is 208 g/mol. The molecular weight excluding hydrogens is 204 g/mol. The first-order valence-electron chi connectivity index (χ1n) is 3.44. The molecule has 1 atom stereocenters. The quantitative estimate of drug-likeness (QED) is 0.597. The first kappa shape index (κ1) is 10.5. The number of halogens is 4. The van der Waals surface area contributed by atoms with Gasteiger partial charge in [0.1, 0.15) is 5.82 Å². The van der Waals surface area contributed by atoms with E-state index in [2.05, 4.69) is 0 Å². The van der Waals surface area contributed by atoms with Gasteiger partial charge in [-0.2, -0.15) is 0 Å². The Labute approximate surface area is 75.8 Å². The maximum Gasteiger partial charge on any atom is 0.343 e. The van der Waals surface area contributed by atoms with Gasteiger partial charge >= 0.3 is 5.97 Å². The molecule has 0 radical (unpaired) electrons. The third-order valence-electron chi connectivity index (χ3n) is 1.53. The van der Waals surface area contributed by atoms with Gasteiger partial charge in [-0.15, -0.1) is 0 Å². The van der Waals surface area contributed by atoms with Crippen molar-refractivity contribution in [3.63, 3.8) is 0 Å². The zero-order chi connectivity index (χ0) is 10.9. The molecule has 1 aromatic rings. The number of alkyl halides is 1. The Kier molecular flexibility index (Phi) is 2.73. The largest absolute Gasteiger partial charge is 0.479 e. The second-order valence-corrected chi connectivity index (χ2v) is 2.49. The van der Waals surface area contributed by atoms with Gasteiger partial charge in [0.2, 0.25) is 6.17 Å². The summed E-state index contributed by atoms with van der Waals surface area (Å²) in [5.41, 5.74) is -1.03. The van der Waals surface area contributed by atoms with Crippen molar-refractivity contribution >= 4 is 5.97 Å². The predicted octanol–water partition coefficient (Wildman–Crippen LogP) is 2.20. The number of hydrogen-bond donors (Lipinski definition) is 1. The molecule has 2 nitrogen and oxygen atoms in total. The van der Waals surface area contributed by atoms with E-state index < -0.39 is 35.2 Å². The van der Waals surface area contributed by atoms with Crippen molar-refractivity contribution in [3.8, 4) is 0 Å². The Bertz CT molecular complexity index is 378. The molecule has 0 aliphatic carbocycles. The fraction of sp³-hybridized carbons (Fsp3) is 0.125. The number of benzene rings is 1. The van der Waals surface area contributed by atoms with E-state index in [9.17, 15) is 22.4 Å². The minimum absolute atomic E-state index is 0.0974. The molecule has 0 bridgehead atoms. The van der Waals surface area contributed by atoms with Crippen molar-refractivity contribution in [1.82, 2.24) is 0 Å². The summed E-state index contributed by atoms with van der Waals surface area (Å²) in [7, 11) is 0. The molecule has 14 heavy (non-hydrogen) atoms. The number of hydrogen-bond acceptors (Lipinski definition) is 1. The van der Waals surface area contributed by atoms with Crippen LogP contribution in [0.5, 0.6) is 0 Å². The Balaban J connectivity index is 3.22. The van der Waals surface area contributed by atoms with E-state index in [1.807, 2.05) is 0 Å². The summed E-state index contributed by atoms with van der Waals surface area (Å²) in [5.74, 6) is -6.39. The van der Waals surface area contributed by atoms with E-state index in [1.165, 1.54) is 0 Å². The number of carbonyl (C=O) groups is 1. The van der Waals surface area contributed by atoms with Gasteiger partial charge in [0.15, 0.2) is 11.6 Å². The van der Waals surface area contributed by atoms with Crippen LogP contribution in [0.4, 0.5) is 17.6 Å². The van der Waals surface area contributed by atoms with Crippen molar-refractivity contribution < 1.29 is 27.5 Å². The highest BCUT2D eigenvalue weighted by molar-refractivity contribution is 5.74. The average molecular weight is 208 g/mol. The van der Waals surface area contributed by atoms with E-state index in [-0.39, 0.29) is 12.1 Å². The lowest BCUT2D eigenvalue weighted by molar-refractivity contribution is -0.143. The molecule has 1 rings (SSSR count). The summed E-state index contributed by atoms with van der Waals surface area (Å²) >= 11 is 0. The molecule has 6 heteroatoms. The molecular formula is C8H4F4O2. The van der Waals surface area contributed by atoms with Crippen molar-refractivity contribution in [2.45, 2.75) is 6.17 Å². The molecule has 0 saturated carbocycles. The number of rotatable bonds is 2. The normalized spacial score (nSPS) is 12.6. The van der Waals surface area contributed by atoms with Crippen LogP contribution in [-0.2, 0) is 4.79 Å². The van der Waals surface area contributed by atoms with Crippen LogP contribution in [0.1, 0.15) is 11.7 Å². The zero-order valence-electron chi connectivity index (χ0n) is 6.60. The van der Waals surface area contributed by atoms with E-state index in [4.69, 9.17) is 5.11 Å². The standard InChI is InChI=1S/C8H4F4O2/c9-4-2-6(11)5(10)1-3(4)7(12)8(13)14/h1-2,7H,(H,13,14). The van der Waals surface area contributed by atoms with E-state index in [0.29, 0.717) is 0 Å². The highest BCUT2D eigenvalue weighted by atomic mass is 19.2. The molecule has 0 aromatic heterocycles. The van der Waals surface area contributed by atoms with Crippen molar-refractivity contribution in [1.29, 1.82) is 0 Å². The SMILES string of the molecule is O=C(O)C(F)c1cc(F)c(F)cc1F. The van der Waals surface area contributed by atoms with Crippen molar-refractivity contribution in [3.05, 3.63) is 35.1 Å². The summed E-state index contributed by atoms with van der Waals surface area (Å²) in [6, 6.07) is 0.281. The molecule has 0 aliphatic rings. The fourth-order valence-electron chi connectivity index (χ4n) is 0.865. The third-order valence-corrected chi connectivity index (χ3v) is 1.53. The van der Waals surface area contributed by atoms with Crippen LogP contribution in [0.2, 0.25) is 0 Å². The summed E-state index contributed by atoms with van der Waals surface area (Å²) in [6.45, 7) is 0. The molecule has 76 valence electrons. The van der Waals surface area contributed by atoms with Gasteiger partial charge in [0.05, 0.1) is 0 Å². The van der Waals surface area contributed by atoms with Crippen LogP contribution in [-0.4, -0.2) is 11.1 Å². The van der Waals surface area contributed by atoms with Gasteiger partial charge < -0.3 is 5.11 Å². The summed E-state index contributed by atoms with van der Waals surface area (Å²) < 4.78 is 50.3. The number of carboxylic acid groups (broad SMARTS) is 1. The molecule has 1 aromatic carbocycles. The lowest BCUT2D eigenvalue weighted by Crippen LogP contribution is -2.09. The number of carboxylic acids is 1. The maximum atomic E-state index is 12.7. The predicted molar refractivity (Wildman–Crippen MR) is 37.8 cm³/mol. The highest BCUT2D eigenvalue weighted by Crippen LogP contribution is 2.23. The third kappa shape index (κ3) is 1.84. The van der Waals surface area contributed by atoms with Crippen LogP contribution < -0.4 is 0 Å². The smallest absolute Gasteiger partial charge is 0.343 e. The van der Waals surface area contributed by atoms with Gasteiger partial charge in [0.25, 0.3) is 0 Å². The molecule has 0 saturated heterocycles. The van der Waals surface area contributed by atoms with Crippen LogP contribution >= 0.6 is 0 Å². The maximum absolute atomic E-state index is 12.7. The minimum Gasteiger partial charge on any atom is -0.479 e. The van der Waals surface area contributed by atoms with Gasteiger partial charge in [-0.3, -0.25) is 0 Å². The average Bonchev–Trinajstić information content (AvgIpc) is 2.10. The van der Waals surface area contributed by atoms with Gasteiger partial charge in [-0.1, -0.05) is 0 Å². The number of aliphatic carboxylic acids is 1. The van der Waals surface area contributed by atoms with E-state index >= 15 is 0 Å². The second-order valence-electron chi connectivity index (χ2n) is 2.49. The van der Waals surface area contributed by atoms with Gasteiger partial charge in [-0.05, 0) is 6.07 Å².